The van der Waals surface area contributed by atoms with E-state index < -0.39 is 5.97 Å². The van der Waals surface area contributed by atoms with Gasteiger partial charge >= 0.3 is 5.97 Å². The van der Waals surface area contributed by atoms with E-state index >= 15 is 0 Å². The van der Waals surface area contributed by atoms with Gasteiger partial charge < -0.3 is 14.6 Å². The molecule has 0 spiro atoms. The van der Waals surface area contributed by atoms with Crippen LogP contribution in [0.5, 0.6) is 0 Å². The summed E-state index contributed by atoms with van der Waals surface area (Å²) in [6.45, 7) is 1.27. The maximum atomic E-state index is 12.7. The third-order valence-electron chi connectivity index (χ3n) is 6.05. The summed E-state index contributed by atoms with van der Waals surface area (Å²) >= 11 is 0. The van der Waals surface area contributed by atoms with E-state index in [1.165, 1.54) is 25.7 Å². The van der Waals surface area contributed by atoms with Crippen LogP contribution in [0.25, 0.3) is 10.9 Å². The van der Waals surface area contributed by atoms with E-state index in [0.717, 1.165) is 40.9 Å². The van der Waals surface area contributed by atoms with Crippen molar-refractivity contribution < 1.29 is 14.7 Å². The molecular weight excluding hydrogens is 328 g/mol. The van der Waals surface area contributed by atoms with Crippen molar-refractivity contribution in [3.05, 3.63) is 35.5 Å². The minimum Gasteiger partial charge on any atom is -0.480 e. The topological polar surface area (TPSA) is 62.5 Å². The number of carboxylic acid groups (broad SMARTS) is 1. The maximum absolute atomic E-state index is 12.7. The van der Waals surface area contributed by atoms with E-state index in [9.17, 15) is 14.7 Å². The highest BCUT2D eigenvalue weighted by Crippen LogP contribution is 2.32. The first-order valence-electron chi connectivity index (χ1n) is 9.72. The summed E-state index contributed by atoms with van der Waals surface area (Å²) in [6.07, 6.45) is 7.58. The smallest absolute Gasteiger partial charge is 0.323 e. The van der Waals surface area contributed by atoms with Crippen LogP contribution < -0.4 is 0 Å². The second-order valence-electron chi connectivity index (χ2n) is 7.68. The average molecular weight is 354 g/mol. The zero-order valence-corrected chi connectivity index (χ0v) is 15.1. The van der Waals surface area contributed by atoms with Gasteiger partial charge in [-0.15, -0.1) is 0 Å². The Morgan fingerprint density at radius 2 is 1.92 bits per heavy atom. The molecule has 1 aliphatic carbocycles. The molecule has 1 aromatic heterocycles. The minimum atomic E-state index is -0.830. The van der Waals surface area contributed by atoms with Gasteiger partial charge in [-0.2, -0.15) is 0 Å². The van der Waals surface area contributed by atoms with Crippen LogP contribution in [-0.2, 0) is 29.1 Å². The number of carbonyl (C=O) groups excluding carboxylic acids is 1. The summed E-state index contributed by atoms with van der Waals surface area (Å²) in [6, 6.07) is 7.94. The summed E-state index contributed by atoms with van der Waals surface area (Å²) in [7, 11) is 0. The number of hydrogen-bond acceptors (Lipinski definition) is 2. The van der Waals surface area contributed by atoms with Gasteiger partial charge in [-0.05, 0) is 18.4 Å². The number of carboxylic acids is 1. The molecule has 1 aromatic carbocycles. The zero-order chi connectivity index (χ0) is 18.1. The van der Waals surface area contributed by atoms with Crippen LogP contribution in [0, 0.1) is 5.92 Å². The van der Waals surface area contributed by atoms with Gasteiger partial charge in [0.2, 0.25) is 5.91 Å². The van der Waals surface area contributed by atoms with Crippen LogP contribution in [-0.4, -0.2) is 33.0 Å². The van der Waals surface area contributed by atoms with Gasteiger partial charge in [0.15, 0.2) is 0 Å². The molecule has 4 rings (SSSR count). The molecule has 26 heavy (non-hydrogen) atoms. The van der Waals surface area contributed by atoms with Crippen LogP contribution in [0.2, 0.25) is 0 Å². The van der Waals surface area contributed by atoms with Gasteiger partial charge in [0.05, 0.1) is 0 Å². The molecule has 0 unspecified atom stereocenters. The molecule has 1 amide bonds. The highest BCUT2D eigenvalue weighted by atomic mass is 16.4. The summed E-state index contributed by atoms with van der Waals surface area (Å²) in [5, 5.41) is 10.4. The van der Waals surface area contributed by atoms with Crippen molar-refractivity contribution in [1.82, 2.24) is 9.47 Å². The Morgan fingerprint density at radius 1 is 1.15 bits per heavy atom. The standard InChI is InChI=1S/C21H26N2O3/c24-20(10-9-15-5-1-2-6-15)22-12-11-19-17(13-22)16-7-3-4-8-18(16)23(19)14-21(25)26/h3-4,7-8,15H,1-2,5-6,9-14H2,(H,25,26). The van der Waals surface area contributed by atoms with E-state index in [1.54, 1.807) is 0 Å². The first kappa shape index (κ1) is 17.1. The number of amides is 1. The second kappa shape index (κ2) is 7.14. The molecule has 0 atom stereocenters. The molecule has 5 heteroatoms. The molecule has 2 heterocycles. The van der Waals surface area contributed by atoms with Gasteiger partial charge in [-0.3, -0.25) is 9.59 Å². The van der Waals surface area contributed by atoms with Gasteiger partial charge in [0.25, 0.3) is 0 Å². The lowest BCUT2D eigenvalue weighted by Crippen LogP contribution is -2.36. The number of nitrogens with zero attached hydrogens (tertiary/aromatic N) is 2. The predicted molar refractivity (Wildman–Crippen MR) is 99.9 cm³/mol. The fourth-order valence-electron chi connectivity index (χ4n) is 4.71. The number of fused-ring (bicyclic) bond motifs is 3. The number of aromatic nitrogens is 1. The Hall–Kier alpha value is -2.30. The lowest BCUT2D eigenvalue weighted by molar-refractivity contribution is -0.138. The number of carbonyl (C=O) groups is 2. The highest BCUT2D eigenvalue weighted by molar-refractivity contribution is 5.88. The summed E-state index contributed by atoms with van der Waals surface area (Å²) < 4.78 is 1.91. The van der Waals surface area contributed by atoms with Crippen molar-refractivity contribution in [2.45, 2.75) is 58.0 Å². The summed E-state index contributed by atoms with van der Waals surface area (Å²) in [5.41, 5.74) is 3.16. The molecule has 0 bridgehead atoms. The van der Waals surface area contributed by atoms with Crippen molar-refractivity contribution in [2.75, 3.05) is 6.54 Å². The van der Waals surface area contributed by atoms with Gasteiger partial charge in [-0.25, -0.2) is 0 Å². The largest absolute Gasteiger partial charge is 0.480 e. The molecule has 138 valence electrons. The molecule has 0 radical (unpaired) electrons. The molecule has 0 saturated heterocycles. The average Bonchev–Trinajstić information content (AvgIpc) is 3.26. The zero-order valence-electron chi connectivity index (χ0n) is 15.1. The number of rotatable bonds is 5. The van der Waals surface area contributed by atoms with Gasteiger partial charge in [-0.1, -0.05) is 43.9 Å². The monoisotopic (exact) mass is 354 g/mol. The SMILES string of the molecule is O=C(O)Cn1c2c(c3ccccc31)CN(C(=O)CCC1CCCC1)CC2. The Bertz CT molecular complexity index is 833. The Kier molecular flexibility index (Phi) is 4.70. The minimum absolute atomic E-state index is 0.0223. The van der Waals surface area contributed by atoms with E-state index in [1.807, 2.05) is 33.7 Å². The normalized spacial score (nSPS) is 17.6. The van der Waals surface area contributed by atoms with Crippen molar-refractivity contribution in [3.63, 3.8) is 0 Å². The van der Waals surface area contributed by atoms with Crippen LogP contribution in [0.15, 0.2) is 24.3 Å². The third-order valence-corrected chi connectivity index (χ3v) is 6.05. The van der Waals surface area contributed by atoms with Crippen LogP contribution in [0.3, 0.4) is 0 Å². The number of hydrogen-bond donors (Lipinski definition) is 1. The Balaban J connectivity index is 1.54. The maximum Gasteiger partial charge on any atom is 0.323 e. The highest BCUT2D eigenvalue weighted by Gasteiger charge is 2.27. The number of aliphatic carboxylic acids is 1. The molecule has 2 aromatic rings. The summed E-state index contributed by atoms with van der Waals surface area (Å²) in [4.78, 5) is 26.0. The van der Waals surface area contributed by atoms with E-state index in [4.69, 9.17) is 0 Å². The number of para-hydroxylation sites is 1. The van der Waals surface area contributed by atoms with Gasteiger partial charge in [0.1, 0.15) is 6.54 Å². The van der Waals surface area contributed by atoms with Gasteiger partial charge in [0, 0.05) is 48.1 Å². The fraction of sp³-hybridized carbons (Fsp3) is 0.524. The van der Waals surface area contributed by atoms with Crippen LogP contribution in [0.1, 0.15) is 49.8 Å². The lowest BCUT2D eigenvalue weighted by Gasteiger charge is -2.28. The van der Waals surface area contributed by atoms with Crippen LogP contribution >= 0.6 is 0 Å². The van der Waals surface area contributed by atoms with Crippen molar-refractivity contribution in [1.29, 1.82) is 0 Å². The first-order valence-corrected chi connectivity index (χ1v) is 9.72. The molecular formula is C21H26N2O3. The Morgan fingerprint density at radius 3 is 2.69 bits per heavy atom. The Labute approximate surface area is 153 Å². The lowest BCUT2D eigenvalue weighted by atomic mass is 10.00. The van der Waals surface area contributed by atoms with Crippen molar-refractivity contribution in [2.24, 2.45) is 5.92 Å². The first-order chi connectivity index (χ1) is 12.6. The van der Waals surface area contributed by atoms with Crippen molar-refractivity contribution >= 4 is 22.8 Å². The van der Waals surface area contributed by atoms with Crippen LogP contribution in [0.4, 0.5) is 0 Å². The van der Waals surface area contributed by atoms with E-state index in [2.05, 4.69) is 0 Å². The molecule has 1 fully saturated rings. The van der Waals surface area contributed by atoms with E-state index in [-0.39, 0.29) is 12.5 Å². The second-order valence-corrected chi connectivity index (χ2v) is 7.68. The number of benzene rings is 1. The predicted octanol–water partition coefficient (Wildman–Crippen LogP) is 3.58. The molecule has 5 nitrogen and oxygen atoms in total. The molecule has 1 N–H and O–H groups in total. The quantitative estimate of drug-likeness (QED) is 0.893. The summed E-state index contributed by atoms with van der Waals surface area (Å²) in [5.74, 6) is 0.151. The molecule has 2 aliphatic rings. The fourth-order valence-corrected chi connectivity index (χ4v) is 4.71. The third kappa shape index (κ3) is 3.22. The molecule has 1 saturated carbocycles. The van der Waals surface area contributed by atoms with Crippen molar-refractivity contribution in [3.8, 4) is 0 Å². The molecule has 1 aliphatic heterocycles. The van der Waals surface area contributed by atoms with E-state index in [0.29, 0.717) is 19.5 Å².